The molecule has 1 heterocycles. The zero-order valence-electron chi connectivity index (χ0n) is 10.3. The van der Waals surface area contributed by atoms with E-state index in [1.165, 1.54) is 18.2 Å². The molecule has 1 aromatic heterocycles. The zero-order valence-corrected chi connectivity index (χ0v) is 11.0. The van der Waals surface area contributed by atoms with E-state index in [9.17, 15) is 4.39 Å². The van der Waals surface area contributed by atoms with Crippen molar-refractivity contribution in [1.82, 2.24) is 4.98 Å². The summed E-state index contributed by atoms with van der Waals surface area (Å²) < 4.78 is 18.2. The summed E-state index contributed by atoms with van der Waals surface area (Å²) in [4.78, 5) is 4.21. The summed E-state index contributed by atoms with van der Waals surface area (Å²) in [6, 6.07) is 7.45. The summed E-state index contributed by atoms with van der Waals surface area (Å²) in [7, 11) is 0. The Kier molecular flexibility index (Phi) is 4.06. The highest BCUT2D eigenvalue weighted by Crippen LogP contribution is 2.27. The fourth-order valence-electron chi connectivity index (χ4n) is 1.50. The van der Waals surface area contributed by atoms with Crippen molar-refractivity contribution in [3.63, 3.8) is 0 Å². The molecule has 0 bridgehead atoms. The van der Waals surface area contributed by atoms with Crippen molar-refractivity contribution in [3.05, 3.63) is 41.2 Å². The largest absolute Gasteiger partial charge is 0.476 e. The van der Waals surface area contributed by atoms with Gasteiger partial charge in [-0.05, 0) is 37.3 Å². The van der Waals surface area contributed by atoms with Crippen molar-refractivity contribution in [2.24, 2.45) is 0 Å². The Labute approximate surface area is 115 Å². The highest BCUT2D eigenvalue weighted by atomic mass is 35.5. The third-order valence-corrected chi connectivity index (χ3v) is 2.68. The highest BCUT2D eigenvalue weighted by molar-refractivity contribution is 6.33. The number of nitrogens with one attached hydrogen (secondary N) is 1. The average molecular weight is 282 g/mol. The molecule has 2 aromatic rings. The van der Waals surface area contributed by atoms with Crippen LogP contribution in [0.25, 0.3) is 0 Å². The lowest BCUT2D eigenvalue weighted by Crippen LogP contribution is -2.02. The van der Waals surface area contributed by atoms with Crippen LogP contribution >= 0.6 is 11.6 Å². The molecule has 0 unspecified atom stereocenters. The second kappa shape index (κ2) is 5.75. The molecular weight excluding hydrogens is 269 g/mol. The van der Waals surface area contributed by atoms with Crippen molar-refractivity contribution in [1.29, 1.82) is 0 Å². The molecule has 0 radical (unpaired) electrons. The Balaban J connectivity index is 2.25. The molecule has 3 N–H and O–H groups in total. The Morgan fingerprint density at radius 1 is 1.37 bits per heavy atom. The summed E-state index contributed by atoms with van der Waals surface area (Å²) >= 11 is 5.93. The Morgan fingerprint density at radius 2 is 2.16 bits per heavy atom. The number of rotatable bonds is 4. The minimum Gasteiger partial charge on any atom is -0.476 e. The van der Waals surface area contributed by atoms with E-state index in [4.69, 9.17) is 22.1 Å². The lowest BCUT2D eigenvalue weighted by molar-refractivity contribution is 0.329. The maximum atomic E-state index is 12.9. The first-order chi connectivity index (χ1) is 9.10. The number of nitrogens with two attached hydrogens (primary N) is 1. The molecule has 0 aliphatic rings. The molecule has 0 saturated heterocycles. The number of aromatic nitrogens is 1. The van der Waals surface area contributed by atoms with Crippen LogP contribution in [0.3, 0.4) is 0 Å². The summed E-state index contributed by atoms with van der Waals surface area (Å²) in [5, 5.41) is 3.25. The van der Waals surface area contributed by atoms with Crippen LogP contribution in [0.1, 0.15) is 6.92 Å². The lowest BCUT2D eigenvalue weighted by Gasteiger charge is -2.10. The molecule has 0 saturated carbocycles. The Morgan fingerprint density at radius 3 is 2.84 bits per heavy atom. The van der Waals surface area contributed by atoms with Gasteiger partial charge in [0, 0.05) is 0 Å². The van der Waals surface area contributed by atoms with E-state index in [0.29, 0.717) is 29.7 Å². The van der Waals surface area contributed by atoms with Crippen LogP contribution in [0.5, 0.6) is 5.88 Å². The quantitative estimate of drug-likeness (QED) is 0.899. The van der Waals surface area contributed by atoms with E-state index in [0.717, 1.165) is 0 Å². The summed E-state index contributed by atoms with van der Waals surface area (Å²) in [5.74, 6) is 0.479. The SMILES string of the molecule is CCOc1nc(Nc2ccc(F)cc2Cl)ccc1N. The van der Waals surface area contributed by atoms with E-state index in [-0.39, 0.29) is 5.02 Å². The third-order valence-electron chi connectivity index (χ3n) is 2.36. The normalized spacial score (nSPS) is 10.3. The van der Waals surface area contributed by atoms with Crippen LogP contribution in [0, 0.1) is 5.82 Å². The first-order valence-corrected chi connectivity index (χ1v) is 6.09. The van der Waals surface area contributed by atoms with Crippen LogP contribution in [-0.2, 0) is 0 Å². The van der Waals surface area contributed by atoms with Gasteiger partial charge in [0.15, 0.2) is 0 Å². The summed E-state index contributed by atoms with van der Waals surface area (Å²) in [6.07, 6.45) is 0. The Bertz CT molecular complexity index is 592. The molecule has 6 heteroatoms. The molecule has 0 aliphatic carbocycles. The number of anilines is 3. The fourth-order valence-corrected chi connectivity index (χ4v) is 1.72. The lowest BCUT2D eigenvalue weighted by atomic mass is 10.3. The molecule has 1 aromatic carbocycles. The number of hydrogen-bond donors (Lipinski definition) is 2. The van der Waals surface area contributed by atoms with E-state index < -0.39 is 5.82 Å². The number of nitrogens with zero attached hydrogens (tertiary/aromatic N) is 1. The zero-order chi connectivity index (χ0) is 13.8. The minimum atomic E-state index is -0.393. The summed E-state index contributed by atoms with van der Waals surface area (Å²) in [5.41, 5.74) is 6.74. The number of halogens is 2. The molecule has 0 amide bonds. The van der Waals surface area contributed by atoms with Crippen molar-refractivity contribution in [3.8, 4) is 5.88 Å². The molecule has 0 aliphatic heterocycles. The highest BCUT2D eigenvalue weighted by Gasteiger charge is 2.06. The van der Waals surface area contributed by atoms with Gasteiger partial charge in [-0.25, -0.2) is 4.39 Å². The smallest absolute Gasteiger partial charge is 0.239 e. The molecule has 0 fully saturated rings. The van der Waals surface area contributed by atoms with E-state index >= 15 is 0 Å². The minimum absolute atomic E-state index is 0.275. The van der Waals surface area contributed by atoms with E-state index in [1.54, 1.807) is 12.1 Å². The monoisotopic (exact) mass is 281 g/mol. The predicted octanol–water partition coefficient (Wildman–Crippen LogP) is 3.60. The van der Waals surface area contributed by atoms with Gasteiger partial charge in [0.1, 0.15) is 11.6 Å². The number of nitrogen functional groups attached to an aromatic ring is 1. The second-order valence-corrected chi connectivity index (χ2v) is 4.18. The first kappa shape index (κ1) is 13.4. The molecule has 0 spiro atoms. The molecule has 19 heavy (non-hydrogen) atoms. The molecular formula is C13H13ClFN3O. The van der Waals surface area contributed by atoms with Gasteiger partial charge in [0.05, 0.1) is 23.0 Å². The number of ether oxygens (including phenoxy) is 1. The molecule has 4 nitrogen and oxygen atoms in total. The van der Waals surface area contributed by atoms with Gasteiger partial charge in [0.25, 0.3) is 0 Å². The molecule has 0 atom stereocenters. The number of pyridine rings is 1. The maximum Gasteiger partial charge on any atom is 0.239 e. The number of benzene rings is 1. The second-order valence-electron chi connectivity index (χ2n) is 3.77. The van der Waals surface area contributed by atoms with Crippen LogP contribution in [0.2, 0.25) is 5.02 Å². The fraction of sp³-hybridized carbons (Fsp3) is 0.154. The Hall–Kier alpha value is -2.01. The topological polar surface area (TPSA) is 60.2 Å². The van der Waals surface area contributed by atoms with Gasteiger partial charge in [-0.3, -0.25) is 0 Å². The van der Waals surface area contributed by atoms with Gasteiger partial charge in [-0.1, -0.05) is 11.6 Å². The van der Waals surface area contributed by atoms with Crippen LogP contribution in [-0.4, -0.2) is 11.6 Å². The van der Waals surface area contributed by atoms with E-state index in [1.807, 2.05) is 6.92 Å². The average Bonchev–Trinajstić information content (AvgIpc) is 2.37. The van der Waals surface area contributed by atoms with Gasteiger partial charge < -0.3 is 15.8 Å². The summed E-state index contributed by atoms with van der Waals surface area (Å²) in [6.45, 7) is 2.32. The van der Waals surface area contributed by atoms with Crippen LogP contribution in [0.15, 0.2) is 30.3 Å². The van der Waals surface area contributed by atoms with Crippen molar-refractivity contribution in [2.45, 2.75) is 6.92 Å². The van der Waals surface area contributed by atoms with Crippen LogP contribution < -0.4 is 15.8 Å². The van der Waals surface area contributed by atoms with Crippen molar-refractivity contribution >= 4 is 28.8 Å². The van der Waals surface area contributed by atoms with Gasteiger partial charge >= 0.3 is 0 Å². The third kappa shape index (κ3) is 3.26. The van der Waals surface area contributed by atoms with Gasteiger partial charge in [-0.2, -0.15) is 4.98 Å². The standard InChI is InChI=1S/C13H13ClFN3O/c1-2-19-13-10(16)4-6-12(18-13)17-11-5-3-8(15)7-9(11)14/h3-7H,2,16H2,1H3,(H,17,18). The maximum absolute atomic E-state index is 12.9. The first-order valence-electron chi connectivity index (χ1n) is 5.71. The van der Waals surface area contributed by atoms with Crippen molar-refractivity contribution < 1.29 is 9.13 Å². The predicted molar refractivity (Wildman–Crippen MR) is 74.5 cm³/mol. The number of hydrogen-bond acceptors (Lipinski definition) is 4. The van der Waals surface area contributed by atoms with Gasteiger partial charge in [0.2, 0.25) is 5.88 Å². The van der Waals surface area contributed by atoms with Crippen molar-refractivity contribution in [2.75, 3.05) is 17.7 Å². The van der Waals surface area contributed by atoms with E-state index in [2.05, 4.69) is 10.3 Å². The van der Waals surface area contributed by atoms with Gasteiger partial charge in [-0.15, -0.1) is 0 Å². The molecule has 100 valence electrons. The van der Waals surface area contributed by atoms with Crippen LogP contribution in [0.4, 0.5) is 21.6 Å². The molecule has 2 rings (SSSR count).